The molecule has 1 aromatic heterocycles. The fourth-order valence-corrected chi connectivity index (χ4v) is 6.53. The van der Waals surface area contributed by atoms with Gasteiger partial charge in [0.1, 0.15) is 0 Å². The molecule has 1 aliphatic carbocycles. The molecule has 1 saturated carbocycles. The summed E-state index contributed by atoms with van der Waals surface area (Å²) in [7, 11) is 0. The quantitative estimate of drug-likeness (QED) is 0.393. The zero-order chi connectivity index (χ0) is 25.7. The minimum atomic E-state index is -0.205. The van der Waals surface area contributed by atoms with E-state index in [1.807, 2.05) is 47.5 Å². The largest absolute Gasteiger partial charge is 0.349 e. The molecule has 3 heterocycles. The lowest BCUT2D eigenvalue weighted by molar-refractivity contribution is -0.139. The minimum absolute atomic E-state index is 0. The number of nitrogens with one attached hydrogen (secondary N) is 1. The van der Waals surface area contributed by atoms with Gasteiger partial charge in [-0.1, -0.05) is 49.1 Å². The molecule has 5 rings (SSSR count). The van der Waals surface area contributed by atoms with Crippen LogP contribution in [0.1, 0.15) is 75.0 Å². The summed E-state index contributed by atoms with van der Waals surface area (Å²) in [4.78, 5) is 35.1. The smallest absolute Gasteiger partial charge is 0.229 e. The molecular weight excluding hydrogens is 555 g/mol. The molecule has 39 heavy (non-hydrogen) atoms. The molecule has 2 aliphatic heterocycles. The maximum absolute atomic E-state index is 13.4. The van der Waals surface area contributed by atoms with Gasteiger partial charge in [0, 0.05) is 43.0 Å². The van der Waals surface area contributed by atoms with E-state index in [9.17, 15) is 9.59 Å². The Bertz CT molecular complexity index is 1060. The highest BCUT2D eigenvalue weighted by Gasteiger charge is 2.47. The summed E-state index contributed by atoms with van der Waals surface area (Å²) < 4.78 is 0. The fraction of sp³-hybridized carbons (Fsp3) is 0.567. The summed E-state index contributed by atoms with van der Waals surface area (Å²) in [6.45, 7) is 4.25. The topological polar surface area (TPSA) is 65.5 Å². The van der Waals surface area contributed by atoms with Gasteiger partial charge in [0.05, 0.1) is 11.5 Å². The normalized spacial score (nSPS) is 20.2. The number of hydrogen-bond acceptors (Lipinski definition) is 4. The Morgan fingerprint density at radius 2 is 1.72 bits per heavy atom. The number of carbonyl (C=O) groups excluding carboxylic acids is 2. The molecule has 2 saturated heterocycles. The molecule has 3 fully saturated rings. The Hall–Kier alpha value is -1.86. The van der Waals surface area contributed by atoms with Crippen LogP contribution in [0.25, 0.3) is 0 Å². The Kier molecular flexibility index (Phi) is 11.9. The third-order valence-corrected chi connectivity index (χ3v) is 9.06. The number of rotatable bonds is 8. The average molecular weight is 596 g/mol. The zero-order valence-corrected chi connectivity index (χ0v) is 24.9. The lowest BCUT2D eigenvalue weighted by Gasteiger charge is -2.38. The van der Waals surface area contributed by atoms with Crippen LogP contribution >= 0.6 is 36.4 Å². The van der Waals surface area contributed by atoms with E-state index in [4.69, 9.17) is 11.6 Å². The molecule has 6 nitrogen and oxygen atoms in total. The highest BCUT2D eigenvalue weighted by molar-refractivity contribution is 6.30. The highest BCUT2D eigenvalue weighted by atomic mass is 35.5. The Balaban J connectivity index is 0.00000210. The standard InChI is InChI=1S/C30H39ClN4O2.2ClH/c31-26-10-8-24(9-11-26)27(33-28(36)25-6-2-1-3-7-25)12-17-34-18-13-30(14-19-34)15-20-35(29(30)37)22-23-5-4-16-32-21-23;;/h4-5,8-11,16,21,25,27H,1-3,6-7,12-15,17-20,22H2,(H,33,36);2*1H. The van der Waals surface area contributed by atoms with Crippen molar-refractivity contribution in [2.45, 2.75) is 70.4 Å². The minimum Gasteiger partial charge on any atom is -0.349 e. The number of piperidine rings is 1. The monoisotopic (exact) mass is 594 g/mol. The van der Waals surface area contributed by atoms with E-state index in [1.54, 1.807) is 6.20 Å². The van der Waals surface area contributed by atoms with Crippen molar-refractivity contribution in [2.24, 2.45) is 11.3 Å². The van der Waals surface area contributed by atoms with Crippen LogP contribution in [0.15, 0.2) is 48.8 Å². The summed E-state index contributed by atoms with van der Waals surface area (Å²) in [5, 5.41) is 4.08. The van der Waals surface area contributed by atoms with Gasteiger partial charge in [-0.15, -0.1) is 24.8 Å². The van der Waals surface area contributed by atoms with E-state index in [2.05, 4.69) is 15.2 Å². The summed E-state index contributed by atoms with van der Waals surface area (Å²) >= 11 is 6.14. The predicted octanol–water partition coefficient (Wildman–Crippen LogP) is 6.22. The summed E-state index contributed by atoms with van der Waals surface area (Å²) in [6, 6.07) is 11.8. The van der Waals surface area contributed by atoms with Crippen molar-refractivity contribution >= 4 is 48.2 Å². The lowest BCUT2D eigenvalue weighted by Crippen LogP contribution is -2.45. The van der Waals surface area contributed by atoms with Crippen LogP contribution < -0.4 is 5.32 Å². The van der Waals surface area contributed by atoms with Crippen LogP contribution in [0.5, 0.6) is 0 Å². The highest BCUT2D eigenvalue weighted by Crippen LogP contribution is 2.42. The second-order valence-electron chi connectivity index (χ2n) is 11.2. The van der Waals surface area contributed by atoms with E-state index in [0.717, 1.165) is 88.7 Å². The molecular formula is C30H41Cl3N4O2. The van der Waals surface area contributed by atoms with Crippen LogP contribution in [0.3, 0.4) is 0 Å². The van der Waals surface area contributed by atoms with Gasteiger partial charge in [-0.2, -0.15) is 0 Å². The van der Waals surface area contributed by atoms with Gasteiger partial charge in [0.15, 0.2) is 0 Å². The second-order valence-corrected chi connectivity index (χ2v) is 11.6. The summed E-state index contributed by atoms with van der Waals surface area (Å²) in [6.07, 6.45) is 12.8. The number of likely N-dealkylation sites (tertiary alicyclic amines) is 2. The first kappa shape index (κ1) is 31.7. The van der Waals surface area contributed by atoms with E-state index < -0.39 is 0 Å². The maximum atomic E-state index is 13.4. The van der Waals surface area contributed by atoms with Gasteiger partial charge in [0.25, 0.3) is 0 Å². The van der Waals surface area contributed by atoms with Crippen LogP contribution in [-0.2, 0) is 16.1 Å². The molecule has 1 unspecified atom stereocenters. The van der Waals surface area contributed by atoms with Gasteiger partial charge >= 0.3 is 0 Å². The van der Waals surface area contributed by atoms with Gasteiger partial charge in [-0.05, 0) is 80.9 Å². The maximum Gasteiger partial charge on any atom is 0.229 e. The Labute approximate surface area is 250 Å². The van der Waals surface area contributed by atoms with Crippen molar-refractivity contribution in [2.75, 3.05) is 26.2 Å². The van der Waals surface area contributed by atoms with E-state index in [1.165, 1.54) is 6.42 Å². The molecule has 1 N–H and O–H groups in total. The molecule has 1 atom stereocenters. The third-order valence-electron chi connectivity index (χ3n) is 8.81. The number of pyridine rings is 1. The molecule has 0 bridgehead atoms. The Morgan fingerprint density at radius 3 is 2.38 bits per heavy atom. The van der Waals surface area contributed by atoms with Gasteiger partial charge in [-0.3, -0.25) is 14.6 Å². The first-order valence-electron chi connectivity index (χ1n) is 14.0. The Morgan fingerprint density at radius 1 is 1.03 bits per heavy atom. The van der Waals surface area contributed by atoms with E-state index >= 15 is 0 Å². The van der Waals surface area contributed by atoms with Crippen molar-refractivity contribution in [3.05, 3.63) is 64.9 Å². The molecule has 0 radical (unpaired) electrons. The van der Waals surface area contributed by atoms with E-state index in [0.29, 0.717) is 17.5 Å². The summed E-state index contributed by atoms with van der Waals surface area (Å²) in [5.41, 5.74) is 2.00. The second kappa shape index (κ2) is 14.7. The van der Waals surface area contributed by atoms with Crippen molar-refractivity contribution in [1.82, 2.24) is 20.1 Å². The molecule has 9 heteroatoms. The molecule has 1 spiro atoms. The molecule has 1 aromatic carbocycles. The number of nitrogens with zero attached hydrogens (tertiary/aromatic N) is 3. The van der Waals surface area contributed by atoms with Crippen LogP contribution in [0.2, 0.25) is 5.02 Å². The number of aromatic nitrogens is 1. The van der Waals surface area contributed by atoms with Crippen molar-refractivity contribution in [3.63, 3.8) is 0 Å². The number of carbonyl (C=O) groups is 2. The van der Waals surface area contributed by atoms with Crippen LogP contribution in [-0.4, -0.2) is 52.8 Å². The predicted molar refractivity (Wildman–Crippen MR) is 160 cm³/mol. The zero-order valence-electron chi connectivity index (χ0n) is 22.5. The van der Waals surface area contributed by atoms with Crippen molar-refractivity contribution in [3.8, 4) is 0 Å². The van der Waals surface area contributed by atoms with Gasteiger partial charge < -0.3 is 15.1 Å². The van der Waals surface area contributed by atoms with Crippen LogP contribution in [0.4, 0.5) is 0 Å². The number of halogens is 3. The SMILES string of the molecule is Cl.Cl.O=C(NC(CCN1CCC2(CC1)CCN(Cc1cccnc1)C2=O)c1ccc(Cl)cc1)C1CCCCC1. The number of benzene rings is 1. The average Bonchev–Trinajstić information content (AvgIpc) is 3.23. The first-order chi connectivity index (χ1) is 18.0. The van der Waals surface area contributed by atoms with Gasteiger partial charge in [0.2, 0.25) is 11.8 Å². The van der Waals surface area contributed by atoms with E-state index in [-0.39, 0.29) is 48.1 Å². The molecule has 2 aromatic rings. The fourth-order valence-electron chi connectivity index (χ4n) is 6.41. The van der Waals surface area contributed by atoms with Gasteiger partial charge in [-0.25, -0.2) is 0 Å². The summed E-state index contributed by atoms with van der Waals surface area (Å²) in [5.74, 6) is 0.652. The van der Waals surface area contributed by atoms with Crippen molar-refractivity contribution in [1.29, 1.82) is 0 Å². The number of amides is 2. The molecule has 2 amide bonds. The van der Waals surface area contributed by atoms with Crippen molar-refractivity contribution < 1.29 is 9.59 Å². The lowest BCUT2D eigenvalue weighted by atomic mass is 9.77. The van der Waals surface area contributed by atoms with Crippen LogP contribution in [0, 0.1) is 11.3 Å². The third kappa shape index (κ3) is 7.87. The molecule has 3 aliphatic rings. The first-order valence-corrected chi connectivity index (χ1v) is 14.4. The molecule has 214 valence electrons. The number of hydrogen-bond donors (Lipinski definition) is 1.